The zero-order valence-electron chi connectivity index (χ0n) is 22.9. The van der Waals surface area contributed by atoms with Crippen LogP contribution in [0.2, 0.25) is 0 Å². The number of hydrogen-bond acceptors (Lipinski definition) is 3. The lowest BCUT2D eigenvalue weighted by Crippen LogP contribution is -2.52. The van der Waals surface area contributed by atoms with Crippen LogP contribution in [0.4, 0.5) is 0 Å². The summed E-state index contributed by atoms with van der Waals surface area (Å²) in [6, 6.07) is 12.0. The highest BCUT2D eigenvalue weighted by atomic mass is 16.4. The molecule has 0 aliphatic carbocycles. The van der Waals surface area contributed by atoms with Gasteiger partial charge in [-0.15, -0.1) is 0 Å². The molecule has 2 aromatic rings. The Balaban J connectivity index is 2.00. The molecule has 0 bridgehead atoms. The summed E-state index contributed by atoms with van der Waals surface area (Å²) >= 11 is 0. The zero-order chi connectivity index (χ0) is 27.0. The number of fused-ring (bicyclic) bond motifs is 1. The fourth-order valence-corrected chi connectivity index (χ4v) is 4.73. The van der Waals surface area contributed by atoms with E-state index in [0.29, 0.717) is 19.3 Å². The van der Waals surface area contributed by atoms with Gasteiger partial charge in [-0.2, -0.15) is 0 Å². The van der Waals surface area contributed by atoms with Crippen molar-refractivity contribution in [3.63, 3.8) is 0 Å². The molecule has 37 heavy (non-hydrogen) atoms. The lowest BCUT2D eigenvalue weighted by atomic mass is 9.97. The molecule has 3 N–H and O–H groups in total. The first-order chi connectivity index (χ1) is 17.8. The van der Waals surface area contributed by atoms with E-state index in [1.54, 1.807) is 0 Å². The first kappa shape index (κ1) is 30.3. The van der Waals surface area contributed by atoms with E-state index in [1.807, 2.05) is 56.3 Å². The predicted octanol–water partition coefficient (Wildman–Crippen LogP) is 6.40. The van der Waals surface area contributed by atoms with E-state index in [0.717, 1.165) is 35.6 Å². The molecular weight excluding hydrogens is 464 g/mol. The Labute approximate surface area is 222 Å². The average molecular weight is 511 g/mol. The second-order valence-electron chi connectivity index (χ2n) is 10.6. The molecule has 0 spiro atoms. The largest absolute Gasteiger partial charge is 0.480 e. The van der Waals surface area contributed by atoms with Crippen LogP contribution < -0.4 is 10.6 Å². The standard InChI is InChI=1S/C31H46N2O4/c1-4-5-6-7-8-9-10-11-12-20-29(34)32-27(30(35)33-28(31(36)37)21-23(2)3)22-25-18-15-17-24-16-13-14-19-26(24)25/h13-19,23,27-28H,4-12,20-22H2,1-3H3,(H,32,34)(H,33,35)(H,36,37)/t27-,28-/m0/s1. The topological polar surface area (TPSA) is 95.5 Å². The van der Waals surface area contributed by atoms with Crippen molar-refractivity contribution in [3.8, 4) is 0 Å². The fourth-order valence-electron chi connectivity index (χ4n) is 4.73. The highest BCUT2D eigenvalue weighted by Crippen LogP contribution is 2.20. The van der Waals surface area contributed by atoms with E-state index in [4.69, 9.17) is 0 Å². The quantitative estimate of drug-likeness (QED) is 0.202. The molecule has 2 atom stereocenters. The third kappa shape index (κ3) is 11.4. The van der Waals surface area contributed by atoms with Gasteiger partial charge in [0.05, 0.1) is 0 Å². The Kier molecular flexibility index (Phi) is 13.8. The van der Waals surface area contributed by atoms with Crippen molar-refractivity contribution in [3.05, 3.63) is 48.0 Å². The van der Waals surface area contributed by atoms with Gasteiger partial charge in [0.2, 0.25) is 11.8 Å². The van der Waals surface area contributed by atoms with Gasteiger partial charge in [0.1, 0.15) is 12.1 Å². The number of carbonyl (C=O) groups is 3. The van der Waals surface area contributed by atoms with Crippen molar-refractivity contribution in [1.29, 1.82) is 0 Å². The van der Waals surface area contributed by atoms with Crippen LogP contribution >= 0.6 is 0 Å². The number of unbranched alkanes of at least 4 members (excludes halogenated alkanes) is 8. The number of carboxylic acids is 1. The molecule has 0 heterocycles. The number of hydrogen-bond donors (Lipinski definition) is 3. The van der Waals surface area contributed by atoms with Crippen molar-refractivity contribution >= 4 is 28.6 Å². The summed E-state index contributed by atoms with van der Waals surface area (Å²) in [5.41, 5.74) is 0.942. The van der Waals surface area contributed by atoms with E-state index >= 15 is 0 Å². The van der Waals surface area contributed by atoms with Crippen LogP contribution in [0.3, 0.4) is 0 Å². The maximum Gasteiger partial charge on any atom is 0.326 e. The van der Waals surface area contributed by atoms with Gasteiger partial charge >= 0.3 is 5.97 Å². The lowest BCUT2D eigenvalue weighted by molar-refractivity contribution is -0.142. The molecule has 2 amide bonds. The molecule has 204 valence electrons. The normalized spacial score (nSPS) is 12.9. The Bertz CT molecular complexity index is 983. The molecule has 0 aliphatic heterocycles. The van der Waals surface area contributed by atoms with Crippen LogP contribution in [-0.2, 0) is 20.8 Å². The van der Waals surface area contributed by atoms with Crippen molar-refractivity contribution in [2.24, 2.45) is 5.92 Å². The van der Waals surface area contributed by atoms with Crippen molar-refractivity contribution in [1.82, 2.24) is 10.6 Å². The molecule has 0 saturated carbocycles. The Morgan fingerprint density at radius 1 is 0.784 bits per heavy atom. The Hall–Kier alpha value is -2.89. The zero-order valence-corrected chi connectivity index (χ0v) is 22.9. The summed E-state index contributed by atoms with van der Waals surface area (Å²) in [4.78, 5) is 37.8. The Morgan fingerprint density at radius 3 is 2.05 bits per heavy atom. The van der Waals surface area contributed by atoms with E-state index < -0.39 is 24.0 Å². The summed E-state index contributed by atoms with van der Waals surface area (Å²) in [7, 11) is 0. The number of amides is 2. The van der Waals surface area contributed by atoms with Crippen LogP contribution in [0.1, 0.15) is 97.0 Å². The van der Waals surface area contributed by atoms with Gasteiger partial charge in [-0.25, -0.2) is 4.79 Å². The summed E-state index contributed by atoms with van der Waals surface area (Å²) in [5.74, 6) is -1.58. The number of carboxylic acid groups (broad SMARTS) is 1. The maximum absolute atomic E-state index is 13.2. The summed E-state index contributed by atoms with van der Waals surface area (Å²) in [6.45, 7) is 6.06. The molecule has 0 aromatic heterocycles. The fraction of sp³-hybridized carbons (Fsp3) is 0.581. The highest BCUT2D eigenvalue weighted by molar-refractivity contribution is 5.92. The third-order valence-electron chi connectivity index (χ3n) is 6.78. The van der Waals surface area contributed by atoms with Crippen LogP contribution in [-0.4, -0.2) is 35.0 Å². The minimum absolute atomic E-state index is 0.110. The summed E-state index contributed by atoms with van der Waals surface area (Å²) in [6.07, 6.45) is 11.5. The van der Waals surface area contributed by atoms with Gasteiger partial charge in [0.15, 0.2) is 0 Å². The second kappa shape index (κ2) is 16.8. The molecule has 6 nitrogen and oxygen atoms in total. The lowest BCUT2D eigenvalue weighted by Gasteiger charge is -2.23. The molecule has 0 fully saturated rings. The minimum Gasteiger partial charge on any atom is -0.480 e. The number of carbonyl (C=O) groups excluding carboxylic acids is 2. The first-order valence-corrected chi connectivity index (χ1v) is 14.1. The van der Waals surface area contributed by atoms with Gasteiger partial charge < -0.3 is 15.7 Å². The second-order valence-corrected chi connectivity index (χ2v) is 10.6. The monoisotopic (exact) mass is 510 g/mol. The van der Waals surface area contributed by atoms with Crippen LogP contribution in [0, 0.1) is 5.92 Å². The molecule has 0 radical (unpaired) electrons. The first-order valence-electron chi connectivity index (χ1n) is 14.1. The SMILES string of the molecule is CCCCCCCCCCCC(=O)N[C@@H](Cc1cccc2ccccc12)C(=O)N[C@@H](CC(C)C)C(=O)O. The third-order valence-corrected chi connectivity index (χ3v) is 6.78. The minimum atomic E-state index is -1.06. The predicted molar refractivity (Wildman–Crippen MR) is 150 cm³/mol. The molecule has 0 unspecified atom stereocenters. The van der Waals surface area contributed by atoms with Crippen LogP contribution in [0.5, 0.6) is 0 Å². The summed E-state index contributed by atoms with van der Waals surface area (Å²) < 4.78 is 0. The van der Waals surface area contributed by atoms with Crippen LogP contribution in [0.25, 0.3) is 10.8 Å². The van der Waals surface area contributed by atoms with Gasteiger partial charge in [0.25, 0.3) is 0 Å². The number of aliphatic carboxylic acids is 1. The van der Waals surface area contributed by atoms with E-state index in [1.165, 1.54) is 38.5 Å². The maximum atomic E-state index is 13.2. The van der Waals surface area contributed by atoms with Gasteiger partial charge in [0, 0.05) is 12.8 Å². The smallest absolute Gasteiger partial charge is 0.326 e. The number of benzene rings is 2. The van der Waals surface area contributed by atoms with Crippen LogP contribution in [0.15, 0.2) is 42.5 Å². The van der Waals surface area contributed by atoms with Crippen molar-refractivity contribution < 1.29 is 19.5 Å². The average Bonchev–Trinajstić information content (AvgIpc) is 2.86. The van der Waals surface area contributed by atoms with E-state index in [-0.39, 0.29) is 11.8 Å². The van der Waals surface area contributed by atoms with Crippen molar-refractivity contribution in [2.75, 3.05) is 0 Å². The summed E-state index contributed by atoms with van der Waals surface area (Å²) in [5, 5.41) is 17.3. The van der Waals surface area contributed by atoms with Gasteiger partial charge in [-0.1, -0.05) is 115 Å². The van der Waals surface area contributed by atoms with Gasteiger partial charge in [-0.3, -0.25) is 9.59 Å². The van der Waals surface area contributed by atoms with Gasteiger partial charge in [-0.05, 0) is 35.1 Å². The molecular formula is C31H46N2O4. The van der Waals surface area contributed by atoms with Crippen molar-refractivity contribution in [2.45, 2.75) is 110 Å². The highest BCUT2D eigenvalue weighted by Gasteiger charge is 2.27. The number of nitrogens with one attached hydrogen (secondary N) is 2. The van der Waals surface area contributed by atoms with E-state index in [2.05, 4.69) is 17.6 Å². The molecule has 0 aliphatic rings. The number of rotatable bonds is 18. The molecule has 2 rings (SSSR count). The van der Waals surface area contributed by atoms with E-state index in [9.17, 15) is 19.5 Å². The Morgan fingerprint density at radius 2 is 1.41 bits per heavy atom. The molecule has 6 heteroatoms. The molecule has 0 saturated heterocycles. The molecule has 2 aromatic carbocycles.